The molecule has 0 radical (unpaired) electrons. The molecule has 6 aromatic carbocycles. The summed E-state index contributed by atoms with van der Waals surface area (Å²) in [5.41, 5.74) is 10.6. The van der Waals surface area contributed by atoms with E-state index in [-0.39, 0.29) is 6.03 Å². The molecule has 266 valence electrons. The van der Waals surface area contributed by atoms with Gasteiger partial charge in [0, 0.05) is 0 Å². The number of isocyanates is 3. The number of nitrogens with zero attached hydrogens (tertiary/aromatic N) is 6. The number of amides is 2. The highest BCUT2D eigenvalue weighted by Gasteiger charge is 2.43. The summed E-state index contributed by atoms with van der Waals surface area (Å²) in [5, 5.41) is 0. The first kappa shape index (κ1) is 35.8. The second kappa shape index (κ2) is 16.8. The molecular weight excluding hydrogens is 689 g/mol. The first-order valence-corrected chi connectivity index (χ1v) is 17.4. The van der Waals surface area contributed by atoms with Crippen LogP contribution in [0.3, 0.4) is 0 Å². The summed E-state index contributed by atoms with van der Waals surface area (Å²) in [5.74, 6) is 0.519. The number of hydrogen-bond donors (Lipinski definition) is 0. The second-order valence-electron chi connectivity index (χ2n) is 12.9. The summed E-state index contributed by atoms with van der Waals surface area (Å²) in [4.78, 5) is 64.7. The van der Waals surface area contributed by atoms with Crippen LogP contribution in [0.1, 0.15) is 38.9 Å². The van der Waals surface area contributed by atoms with Gasteiger partial charge in [0.1, 0.15) is 0 Å². The van der Waals surface area contributed by atoms with E-state index in [4.69, 9.17) is 4.99 Å². The van der Waals surface area contributed by atoms with Crippen molar-refractivity contribution < 1.29 is 19.2 Å². The van der Waals surface area contributed by atoms with Crippen LogP contribution in [0.5, 0.6) is 0 Å². The van der Waals surface area contributed by atoms with E-state index in [1.807, 2.05) is 97.1 Å². The molecule has 0 atom stereocenters. The predicted octanol–water partition coefficient (Wildman–Crippen LogP) is 9.36. The number of benzene rings is 6. The van der Waals surface area contributed by atoms with Gasteiger partial charge in [-0.2, -0.15) is 15.0 Å². The fourth-order valence-electron chi connectivity index (χ4n) is 6.30. The van der Waals surface area contributed by atoms with Crippen molar-refractivity contribution in [3.63, 3.8) is 0 Å². The highest BCUT2D eigenvalue weighted by molar-refractivity contribution is 6.42. The monoisotopic (exact) mass is 720 g/mol. The van der Waals surface area contributed by atoms with Gasteiger partial charge < -0.3 is 0 Å². The van der Waals surface area contributed by atoms with Crippen LogP contribution in [0.2, 0.25) is 0 Å². The Hall–Kier alpha value is -7.60. The Kier molecular flexibility index (Phi) is 10.9. The van der Waals surface area contributed by atoms with Gasteiger partial charge in [0.05, 0.1) is 35.0 Å². The Morgan fingerprint density at radius 3 is 0.964 bits per heavy atom. The number of guanidine groups is 1. The molecule has 7 rings (SSSR count). The zero-order chi connectivity index (χ0) is 38.0. The van der Waals surface area contributed by atoms with Gasteiger partial charge in [-0.1, -0.05) is 84.9 Å². The molecule has 1 aliphatic heterocycles. The smallest absolute Gasteiger partial charge is 0.247 e. The van der Waals surface area contributed by atoms with E-state index in [1.54, 1.807) is 64.4 Å². The molecule has 0 N–H and O–H groups in total. The van der Waals surface area contributed by atoms with Gasteiger partial charge in [0.25, 0.3) is 0 Å². The van der Waals surface area contributed by atoms with Crippen molar-refractivity contribution in [1.29, 1.82) is 0 Å². The van der Waals surface area contributed by atoms with Crippen molar-refractivity contribution in [2.24, 2.45) is 20.0 Å². The molecule has 0 bridgehead atoms. The summed E-state index contributed by atoms with van der Waals surface area (Å²) in [6.45, 7) is 0.360. The first-order valence-electron chi connectivity index (χ1n) is 17.4. The van der Waals surface area contributed by atoms with Crippen LogP contribution in [0.25, 0.3) is 0 Å². The summed E-state index contributed by atoms with van der Waals surface area (Å²) in [6.07, 6.45) is 6.74. The zero-order valence-electron chi connectivity index (χ0n) is 29.5. The van der Waals surface area contributed by atoms with E-state index in [2.05, 4.69) is 27.1 Å². The minimum absolute atomic E-state index is 0.211. The van der Waals surface area contributed by atoms with Crippen molar-refractivity contribution in [3.8, 4) is 0 Å². The molecular formula is C45H32N6O4. The molecule has 0 unspecified atom stereocenters. The van der Waals surface area contributed by atoms with E-state index in [0.717, 1.165) is 45.4 Å². The van der Waals surface area contributed by atoms with Crippen LogP contribution in [0.15, 0.2) is 166 Å². The van der Waals surface area contributed by atoms with Crippen LogP contribution < -0.4 is 9.80 Å². The maximum atomic E-state index is 13.9. The molecule has 0 saturated carbocycles. The van der Waals surface area contributed by atoms with Crippen LogP contribution in [0, 0.1) is 0 Å². The first-order chi connectivity index (χ1) is 27.0. The average Bonchev–Trinajstić information content (AvgIpc) is 3.21. The molecule has 55 heavy (non-hydrogen) atoms. The van der Waals surface area contributed by atoms with Gasteiger partial charge in [-0.05, 0) is 119 Å². The van der Waals surface area contributed by atoms with E-state index >= 15 is 0 Å². The third kappa shape index (κ3) is 8.72. The summed E-state index contributed by atoms with van der Waals surface area (Å²) >= 11 is 0. The number of aliphatic imine (C=N–C) groups is 4. The molecule has 0 spiro atoms. The lowest BCUT2D eigenvalue weighted by molar-refractivity contribution is 0.253. The standard InChI is InChI=1S/C45H32N6O4/c52-29-47-39-15-5-33(6-16-39)25-32-1-3-38(4-2-32)28-46-44-50(42-21-11-36(12-22-42)26-34-7-17-40(18-8-34)48-30-53)45(55)51(44)43-23-13-37(14-24-43)27-35-9-19-41(20-10-35)49-31-54/h1-24H,25-28H2. The van der Waals surface area contributed by atoms with Gasteiger partial charge in [-0.3, -0.25) is 0 Å². The maximum Gasteiger partial charge on any atom is 0.342 e. The number of carbonyl (C=O) groups excluding carboxylic acids is 4. The fraction of sp³-hybridized carbons (Fsp3) is 0.0889. The molecule has 10 heteroatoms. The van der Waals surface area contributed by atoms with Crippen LogP contribution in [-0.4, -0.2) is 30.2 Å². The molecule has 1 heterocycles. The van der Waals surface area contributed by atoms with Crippen LogP contribution >= 0.6 is 0 Å². The molecule has 6 aromatic rings. The minimum atomic E-state index is -0.211. The number of urea groups is 1. The molecule has 1 fully saturated rings. The minimum Gasteiger partial charge on any atom is -0.247 e. The van der Waals surface area contributed by atoms with E-state index in [9.17, 15) is 19.2 Å². The van der Waals surface area contributed by atoms with Gasteiger partial charge >= 0.3 is 6.03 Å². The average molecular weight is 721 g/mol. The van der Waals surface area contributed by atoms with Crippen molar-refractivity contribution in [2.75, 3.05) is 9.80 Å². The number of carbonyl (C=O) groups is 1. The molecule has 10 nitrogen and oxygen atoms in total. The molecule has 0 aliphatic carbocycles. The van der Waals surface area contributed by atoms with Gasteiger partial charge in [0.15, 0.2) is 0 Å². The van der Waals surface area contributed by atoms with Gasteiger partial charge in [-0.25, -0.2) is 34.0 Å². The number of rotatable bonds is 13. The molecule has 2 amide bonds. The van der Waals surface area contributed by atoms with E-state index in [0.29, 0.717) is 53.8 Å². The maximum absolute atomic E-state index is 13.9. The van der Waals surface area contributed by atoms with Crippen LogP contribution in [-0.2, 0) is 40.2 Å². The van der Waals surface area contributed by atoms with E-state index < -0.39 is 0 Å². The Morgan fingerprint density at radius 2 is 0.655 bits per heavy atom. The van der Waals surface area contributed by atoms with Gasteiger partial charge in [-0.15, -0.1) is 0 Å². The Labute approximate surface area is 317 Å². The lowest BCUT2D eigenvalue weighted by atomic mass is 10.0. The third-order valence-corrected chi connectivity index (χ3v) is 9.16. The normalized spacial score (nSPS) is 11.9. The second-order valence-corrected chi connectivity index (χ2v) is 12.9. The Balaban J connectivity index is 1.09. The highest BCUT2D eigenvalue weighted by atomic mass is 16.2. The Bertz CT molecular complexity index is 2360. The predicted molar refractivity (Wildman–Crippen MR) is 212 cm³/mol. The molecule has 0 aromatic heterocycles. The van der Waals surface area contributed by atoms with Crippen molar-refractivity contribution >= 4 is 58.7 Å². The lowest BCUT2D eigenvalue weighted by Gasteiger charge is -2.42. The van der Waals surface area contributed by atoms with E-state index in [1.165, 1.54) is 0 Å². The molecule has 1 aliphatic rings. The Morgan fingerprint density at radius 1 is 0.382 bits per heavy atom. The summed E-state index contributed by atoms with van der Waals surface area (Å²) in [7, 11) is 0. The van der Waals surface area contributed by atoms with Gasteiger partial charge in [0.2, 0.25) is 24.2 Å². The van der Waals surface area contributed by atoms with Crippen molar-refractivity contribution in [1.82, 2.24) is 0 Å². The zero-order valence-corrected chi connectivity index (χ0v) is 29.5. The fourth-order valence-corrected chi connectivity index (χ4v) is 6.30. The van der Waals surface area contributed by atoms with Crippen molar-refractivity contribution in [2.45, 2.75) is 25.8 Å². The SMILES string of the molecule is O=C=Nc1ccc(Cc2ccc(CN=C3N(c4ccc(Cc5ccc(N=C=O)cc5)cc4)C(=O)N3c3ccc(Cc4ccc(N=C=O)cc4)cc3)cc2)cc1. The van der Waals surface area contributed by atoms with Crippen molar-refractivity contribution in [3.05, 3.63) is 185 Å². The third-order valence-electron chi connectivity index (χ3n) is 9.16. The summed E-state index contributed by atoms with van der Waals surface area (Å²) in [6, 6.07) is 46.0. The highest BCUT2D eigenvalue weighted by Crippen LogP contribution is 2.32. The lowest BCUT2D eigenvalue weighted by Crippen LogP contribution is -2.65. The van der Waals surface area contributed by atoms with Crippen LogP contribution in [0.4, 0.5) is 33.2 Å². The summed E-state index contributed by atoms with van der Waals surface area (Å²) < 4.78 is 0. The number of hydrogen-bond acceptors (Lipinski definition) is 8. The largest absolute Gasteiger partial charge is 0.342 e. The number of anilines is 2. The quantitative estimate of drug-likeness (QED) is 0.0871. The molecule has 1 saturated heterocycles. The topological polar surface area (TPSA) is 124 Å².